The standard InChI is InChI=1S/C44H63N7O5/c1-26-36-20-31(44(36,3)4)21-37(26)48-43(54)40-39(27(2)52)38(23-45)56-51(40)24-28-13-12-15-35(41(28)55-9)29-17-30(19-34(18-29)50(7)8)42(53)47-33(25-49(5)6)22-32-14-10-11-16-46-32/h10-19,26-27,31,33,36-40,52H,20-25,45H2,1-9H3,(H,47,53)(H,48,54)/t26-,27-,31+,33?,36-,37-,38-,39+,40-/m0/s1. The van der Waals surface area contributed by atoms with Crippen LogP contribution in [0.4, 0.5) is 5.69 Å². The first kappa shape index (κ1) is 41.6. The fourth-order valence-corrected chi connectivity index (χ4v) is 9.67. The fourth-order valence-electron chi connectivity index (χ4n) is 9.67. The van der Waals surface area contributed by atoms with Crippen LogP contribution < -0.4 is 26.0 Å². The minimum Gasteiger partial charge on any atom is -0.496 e. The van der Waals surface area contributed by atoms with E-state index in [1.54, 1.807) is 25.3 Å². The molecule has 3 aromatic rings. The normalized spacial score (nSPS) is 26.6. The Bertz CT molecular complexity index is 1840. The highest BCUT2D eigenvalue weighted by molar-refractivity contribution is 5.97. The zero-order valence-electron chi connectivity index (χ0n) is 34.7. The van der Waals surface area contributed by atoms with Crippen LogP contribution in [0, 0.1) is 29.1 Å². The number of anilines is 1. The molecule has 2 bridgehead atoms. The molecule has 1 aliphatic heterocycles. The third kappa shape index (κ3) is 8.60. The third-order valence-corrected chi connectivity index (χ3v) is 12.9. The number of rotatable bonds is 15. The number of pyridine rings is 1. The largest absolute Gasteiger partial charge is 0.496 e. The molecule has 9 atom stereocenters. The molecule has 3 saturated carbocycles. The van der Waals surface area contributed by atoms with Crippen molar-refractivity contribution in [3.05, 3.63) is 77.6 Å². The lowest BCUT2D eigenvalue weighted by Gasteiger charge is -2.62. The molecule has 1 aromatic heterocycles. The van der Waals surface area contributed by atoms with Gasteiger partial charge in [-0.3, -0.25) is 19.4 Å². The van der Waals surface area contributed by atoms with Gasteiger partial charge in [-0.25, -0.2) is 0 Å². The molecule has 1 saturated heterocycles. The van der Waals surface area contributed by atoms with Crippen LogP contribution in [0.15, 0.2) is 60.8 Å². The number of methoxy groups -OCH3 is 1. The van der Waals surface area contributed by atoms with E-state index < -0.39 is 24.2 Å². The van der Waals surface area contributed by atoms with Crippen molar-refractivity contribution in [2.24, 2.45) is 34.8 Å². The average Bonchev–Trinajstić information content (AvgIpc) is 3.53. The highest BCUT2D eigenvalue weighted by atomic mass is 16.7. The molecule has 4 fully saturated rings. The maximum absolute atomic E-state index is 14.3. The molecule has 2 amide bonds. The monoisotopic (exact) mass is 769 g/mol. The lowest BCUT2D eigenvalue weighted by atomic mass is 9.45. The number of ether oxygens (including phenoxy) is 1. The molecule has 2 aromatic carbocycles. The van der Waals surface area contributed by atoms with Gasteiger partial charge in [0, 0.05) is 85.9 Å². The Morgan fingerprint density at radius 1 is 1.11 bits per heavy atom. The molecule has 5 N–H and O–H groups in total. The molecule has 304 valence electrons. The number of hydroxylamine groups is 2. The van der Waals surface area contributed by atoms with Crippen LogP contribution in [0.5, 0.6) is 5.75 Å². The van der Waals surface area contributed by atoms with Gasteiger partial charge in [-0.1, -0.05) is 45.0 Å². The quantitative estimate of drug-likeness (QED) is 0.176. The highest BCUT2D eigenvalue weighted by Gasteiger charge is 2.57. The number of nitrogens with zero attached hydrogens (tertiary/aromatic N) is 4. The fraction of sp³-hybridized carbons (Fsp3) is 0.568. The summed E-state index contributed by atoms with van der Waals surface area (Å²) in [6.45, 7) is 9.68. The van der Waals surface area contributed by atoms with E-state index in [9.17, 15) is 14.7 Å². The van der Waals surface area contributed by atoms with Crippen molar-refractivity contribution in [3.8, 4) is 16.9 Å². The first-order chi connectivity index (χ1) is 26.6. The Hall–Kier alpha value is -4.07. The van der Waals surface area contributed by atoms with Gasteiger partial charge in [-0.15, -0.1) is 0 Å². The van der Waals surface area contributed by atoms with Gasteiger partial charge in [0.25, 0.3) is 5.91 Å². The number of hydrogen-bond acceptors (Lipinski definition) is 10. The van der Waals surface area contributed by atoms with E-state index in [0.717, 1.165) is 34.5 Å². The number of nitrogens with one attached hydrogen (secondary N) is 2. The molecule has 0 radical (unpaired) electrons. The Kier molecular flexibility index (Phi) is 12.8. The zero-order valence-corrected chi connectivity index (χ0v) is 34.7. The molecule has 7 rings (SSSR count). The average molecular weight is 770 g/mol. The number of likely N-dealkylation sites (N-methyl/N-ethyl adjacent to an activating group) is 1. The van der Waals surface area contributed by atoms with Crippen LogP contribution in [-0.4, -0.2) is 111 Å². The lowest BCUT2D eigenvalue weighted by molar-refractivity contribution is -0.175. The summed E-state index contributed by atoms with van der Waals surface area (Å²) < 4.78 is 6.13. The van der Waals surface area contributed by atoms with Crippen LogP contribution in [0.3, 0.4) is 0 Å². The van der Waals surface area contributed by atoms with E-state index in [0.29, 0.717) is 47.4 Å². The second-order valence-electron chi connectivity index (χ2n) is 17.4. The smallest absolute Gasteiger partial charge is 0.251 e. The number of para-hydroxylation sites is 1. The molecule has 0 spiro atoms. The number of fused-ring (bicyclic) bond motifs is 2. The molecule has 3 aliphatic carbocycles. The second-order valence-corrected chi connectivity index (χ2v) is 17.4. The van der Waals surface area contributed by atoms with Gasteiger partial charge in [0.1, 0.15) is 11.8 Å². The number of aliphatic hydroxyl groups is 1. The minimum atomic E-state index is -0.826. The number of aliphatic hydroxyl groups excluding tert-OH is 1. The van der Waals surface area contributed by atoms with Gasteiger partial charge < -0.3 is 36.0 Å². The van der Waals surface area contributed by atoms with Crippen LogP contribution in [-0.2, 0) is 22.6 Å². The van der Waals surface area contributed by atoms with Gasteiger partial charge in [0.15, 0.2) is 0 Å². The molecule has 2 heterocycles. The van der Waals surface area contributed by atoms with Crippen molar-refractivity contribution in [1.29, 1.82) is 0 Å². The summed E-state index contributed by atoms with van der Waals surface area (Å²) in [6.07, 6.45) is 3.17. The Balaban J connectivity index is 1.28. The van der Waals surface area contributed by atoms with Crippen LogP contribution in [0.2, 0.25) is 0 Å². The maximum atomic E-state index is 14.3. The van der Waals surface area contributed by atoms with Gasteiger partial charge >= 0.3 is 0 Å². The summed E-state index contributed by atoms with van der Waals surface area (Å²) in [5, 5.41) is 19.4. The number of amides is 2. The molecule has 12 nitrogen and oxygen atoms in total. The van der Waals surface area contributed by atoms with Crippen molar-refractivity contribution < 1.29 is 24.3 Å². The summed E-state index contributed by atoms with van der Waals surface area (Å²) in [5.74, 6) is 1.26. The summed E-state index contributed by atoms with van der Waals surface area (Å²) in [6, 6.07) is 16.7. The number of carbonyl (C=O) groups is 2. The predicted octanol–water partition coefficient (Wildman–Crippen LogP) is 4.35. The first-order valence-electron chi connectivity index (χ1n) is 20.1. The van der Waals surface area contributed by atoms with Crippen LogP contribution in [0.25, 0.3) is 11.1 Å². The van der Waals surface area contributed by atoms with Crippen molar-refractivity contribution in [2.75, 3.05) is 53.3 Å². The van der Waals surface area contributed by atoms with Gasteiger partial charge in [-0.2, -0.15) is 5.06 Å². The Labute approximate surface area is 333 Å². The molecule has 1 unspecified atom stereocenters. The van der Waals surface area contributed by atoms with E-state index in [1.165, 1.54) is 6.42 Å². The number of aromatic nitrogens is 1. The molecular formula is C44H63N7O5. The van der Waals surface area contributed by atoms with E-state index >= 15 is 0 Å². The van der Waals surface area contributed by atoms with Gasteiger partial charge in [-0.05, 0) is 92.9 Å². The number of carbonyl (C=O) groups excluding carboxylic acids is 2. The third-order valence-electron chi connectivity index (χ3n) is 12.9. The summed E-state index contributed by atoms with van der Waals surface area (Å²) >= 11 is 0. The molecule has 56 heavy (non-hydrogen) atoms. The van der Waals surface area contributed by atoms with Gasteiger partial charge in [0.05, 0.1) is 25.9 Å². The van der Waals surface area contributed by atoms with E-state index in [1.807, 2.05) is 87.7 Å². The predicted molar refractivity (Wildman–Crippen MR) is 220 cm³/mol. The first-order valence-corrected chi connectivity index (χ1v) is 20.1. The maximum Gasteiger partial charge on any atom is 0.251 e. The lowest BCUT2D eigenvalue weighted by Crippen LogP contribution is -2.62. The van der Waals surface area contributed by atoms with Crippen molar-refractivity contribution in [3.63, 3.8) is 0 Å². The Morgan fingerprint density at radius 2 is 1.88 bits per heavy atom. The van der Waals surface area contributed by atoms with Crippen molar-refractivity contribution >= 4 is 17.5 Å². The van der Waals surface area contributed by atoms with Crippen LogP contribution >= 0.6 is 0 Å². The van der Waals surface area contributed by atoms with Crippen molar-refractivity contribution in [2.45, 2.75) is 83.8 Å². The second kappa shape index (κ2) is 17.2. The Morgan fingerprint density at radius 3 is 2.48 bits per heavy atom. The van der Waals surface area contributed by atoms with Crippen molar-refractivity contribution in [1.82, 2.24) is 25.6 Å². The highest BCUT2D eigenvalue weighted by Crippen LogP contribution is 2.61. The molecule has 4 aliphatic rings. The topological polar surface area (TPSA) is 146 Å². The van der Waals surface area contributed by atoms with Crippen LogP contribution in [0.1, 0.15) is 62.2 Å². The summed E-state index contributed by atoms with van der Waals surface area (Å²) in [4.78, 5) is 43.3. The van der Waals surface area contributed by atoms with E-state index in [2.05, 4.69) is 41.3 Å². The van der Waals surface area contributed by atoms with E-state index in [4.69, 9.17) is 15.3 Å². The van der Waals surface area contributed by atoms with E-state index in [-0.39, 0.29) is 37.0 Å². The summed E-state index contributed by atoms with van der Waals surface area (Å²) in [5.41, 5.74) is 11.2. The number of benzene rings is 2. The number of nitrogens with two attached hydrogens (primary N) is 1. The molecule has 12 heteroatoms. The zero-order chi connectivity index (χ0) is 40.5. The minimum absolute atomic E-state index is 0.0640. The number of hydrogen-bond donors (Lipinski definition) is 4. The van der Waals surface area contributed by atoms with Gasteiger partial charge in [0.2, 0.25) is 5.91 Å². The SMILES string of the molecule is COc1c(CN2O[C@@H](CN)[C@@H]([C@H](C)O)[C@H]2C(=O)N[C@H]2C[C@H]3C[C@@H]([C@@H]2C)C3(C)C)cccc1-c1cc(C(=O)NC(Cc2ccccn2)CN(C)C)cc(N(C)C)c1. The molecular weight excluding hydrogens is 707 g/mol. The summed E-state index contributed by atoms with van der Waals surface area (Å²) in [7, 11) is 9.51.